The van der Waals surface area contributed by atoms with Crippen molar-refractivity contribution < 1.29 is 9.59 Å². The van der Waals surface area contributed by atoms with E-state index < -0.39 is 0 Å². The van der Waals surface area contributed by atoms with Gasteiger partial charge in [0.2, 0.25) is 0 Å². The zero-order valence-electron chi connectivity index (χ0n) is 16.0. The van der Waals surface area contributed by atoms with Crippen molar-refractivity contribution in [2.75, 3.05) is 36.9 Å². The third kappa shape index (κ3) is 4.39. The fraction of sp³-hybridized carbons (Fsp3) is 0.421. The molecule has 0 atom stereocenters. The highest BCUT2D eigenvalue weighted by Gasteiger charge is 2.26. The molecule has 3 rings (SSSR count). The summed E-state index contributed by atoms with van der Waals surface area (Å²) in [5, 5.41) is 12.8. The number of aryl methyl sites for hydroxylation is 2. The molecule has 0 unspecified atom stereocenters. The van der Waals surface area contributed by atoms with Crippen LogP contribution in [-0.2, 0) is 6.42 Å². The van der Waals surface area contributed by atoms with E-state index in [0.717, 1.165) is 29.9 Å². The zero-order chi connectivity index (χ0) is 19.4. The van der Waals surface area contributed by atoms with Gasteiger partial charge < -0.3 is 15.5 Å². The zero-order valence-corrected chi connectivity index (χ0v) is 16.0. The van der Waals surface area contributed by atoms with Crippen molar-refractivity contribution >= 4 is 23.4 Å². The molecule has 0 bridgehead atoms. The monoisotopic (exact) mass is 370 g/mol. The van der Waals surface area contributed by atoms with Crippen LogP contribution in [-0.4, -0.2) is 53.8 Å². The van der Waals surface area contributed by atoms with Gasteiger partial charge in [-0.3, -0.25) is 10.00 Å². The molecule has 8 nitrogen and oxygen atoms in total. The molecule has 1 aromatic heterocycles. The number of nitrogens with one attached hydrogen (secondary N) is 3. The SMILES string of the molecule is Cc1n[nH]c(C)c1CCCNC(=O)Nc1cccc(N2CCN(C)C2=O)c1. The number of urea groups is 2. The molecular weight excluding hydrogens is 344 g/mol. The summed E-state index contributed by atoms with van der Waals surface area (Å²) in [7, 11) is 1.78. The highest BCUT2D eigenvalue weighted by molar-refractivity contribution is 5.95. The molecule has 1 saturated heterocycles. The molecule has 1 fully saturated rings. The summed E-state index contributed by atoms with van der Waals surface area (Å²) < 4.78 is 0. The lowest BCUT2D eigenvalue weighted by molar-refractivity contribution is 0.229. The molecule has 27 heavy (non-hydrogen) atoms. The van der Waals surface area contributed by atoms with Gasteiger partial charge in [-0.15, -0.1) is 0 Å². The third-order valence-corrected chi connectivity index (χ3v) is 4.80. The molecule has 0 saturated carbocycles. The van der Waals surface area contributed by atoms with Crippen molar-refractivity contribution in [2.45, 2.75) is 26.7 Å². The van der Waals surface area contributed by atoms with Gasteiger partial charge in [-0.2, -0.15) is 5.10 Å². The van der Waals surface area contributed by atoms with E-state index in [-0.39, 0.29) is 12.1 Å². The average molecular weight is 370 g/mol. The maximum atomic E-state index is 12.1. The fourth-order valence-corrected chi connectivity index (χ4v) is 3.22. The first-order valence-corrected chi connectivity index (χ1v) is 9.13. The normalized spacial score (nSPS) is 14.0. The van der Waals surface area contributed by atoms with Crippen LogP contribution >= 0.6 is 0 Å². The van der Waals surface area contributed by atoms with Gasteiger partial charge >= 0.3 is 12.1 Å². The average Bonchev–Trinajstić information content (AvgIpc) is 3.14. The van der Waals surface area contributed by atoms with E-state index in [1.54, 1.807) is 16.8 Å². The number of benzene rings is 1. The second-order valence-electron chi connectivity index (χ2n) is 6.80. The van der Waals surface area contributed by atoms with E-state index in [4.69, 9.17) is 0 Å². The summed E-state index contributed by atoms with van der Waals surface area (Å²) in [4.78, 5) is 27.6. The molecule has 8 heteroatoms. The van der Waals surface area contributed by atoms with Crippen molar-refractivity contribution in [3.63, 3.8) is 0 Å². The summed E-state index contributed by atoms with van der Waals surface area (Å²) in [6.07, 6.45) is 1.71. The number of likely N-dealkylation sites (N-methyl/N-ethyl adjacent to an activating group) is 1. The summed E-state index contributed by atoms with van der Waals surface area (Å²) in [5.41, 5.74) is 4.75. The van der Waals surface area contributed by atoms with Crippen LogP contribution in [0.4, 0.5) is 21.0 Å². The van der Waals surface area contributed by atoms with Crippen LogP contribution in [0.5, 0.6) is 0 Å². The first-order valence-electron chi connectivity index (χ1n) is 9.13. The van der Waals surface area contributed by atoms with Crippen LogP contribution in [0.1, 0.15) is 23.4 Å². The molecule has 1 aromatic carbocycles. The van der Waals surface area contributed by atoms with Crippen LogP contribution < -0.4 is 15.5 Å². The number of aromatic nitrogens is 2. The lowest BCUT2D eigenvalue weighted by Crippen LogP contribution is -2.30. The van der Waals surface area contributed by atoms with Crippen LogP contribution in [0.15, 0.2) is 24.3 Å². The van der Waals surface area contributed by atoms with Crippen LogP contribution in [0.2, 0.25) is 0 Å². The minimum absolute atomic E-state index is 0.0264. The molecule has 2 aromatic rings. The van der Waals surface area contributed by atoms with Gasteiger partial charge in [0.05, 0.1) is 5.69 Å². The number of nitrogens with zero attached hydrogens (tertiary/aromatic N) is 3. The van der Waals surface area contributed by atoms with E-state index in [1.165, 1.54) is 5.56 Å². The number of aromatic amines is 1. The number of carbonyl (C=O) groups is 2. The molecule has 0 radical (unpaired) electrons. The number of hydrogen-bond acceptors (Lipinski definition) is 3. The van der Waals surface area contributed by atoms with Gasteiger partial charge in [0.1, 0.15) is 0 Å². The Bertz CT molecular complexity index is 812. The van der Waals surface area contributed by atoms with Crippen molar-refractivity contribution in [1.82, 2.24) is 20.4 Å². The quantitative estimate of drug-likeness (QED) is 0.683. The molecular formula is C19H26N6O2. The predicted molar refractivity (Wildman–Crippen MR) is 105 cm³/mol. The van der Waals surface area contributed by atoms with Crippen molar-refractivity contribution in [2.24, 2.45) is 0 Å². The van der Waals surface area contributed by atoms with E-state index in [2.05, 4.69) is 20.8 Å². The standard InChI is InChI=1S/C19H26N6O2/c1-13-17(14(2)23-22-13)8-5-9-20-18(26)21-15-6-4-7-16(12-15)25-11-10-24(3)19(25)27/h4,6-7,12H,5,8-11H2,1-3H3,(H,22,23)(H2,20,21,26). The molecule has 0 aliphatic carbocycles. The third-order valence-electron chi connectivity index (χ3n) is 4.80. The highest BCUT2D eigenvalue weighted by atomic mass is 16.2. The van der Waals surface area contributed by atoms with Gasteiger partial charge in [-0.05, 0) is 50.5 Å². The minimum Gasteiger partial charge on any atom is -0.338 e. The summed E-state index contributed by atoms with van der Waals surface area (Å²) in [6.45, 7) is 5.91. The first kappa shape index (κ1) is 18.8. The largest absolute Gasteiger partial charge is 0.338 e. The Balaban J connectivity index is 1.48. The van der Waals surface area contributed by atoms with E-state index in [0.29, 0.717) is 25.3 Å². The molecule has 4 amide bonds. The highest BCUT2D eigenvalue weighted by Crippen LogP contribution is 2.23. The fourth-order valence-electron chi connectivity index (χ4n) is 3.22. The number of hydrogen-bond donors (Lipinski definition) is 3. The molecule has 1 aliphatic rings. The minimum atomic E-state index is -0.252. The van der Waals surface area contributed by atoms with Gasteiger partial charge in [-0.25, -0.2) is 9.59 Å². The smallest absolute Gasteiger partial charge is 0.324 e. The summed E-state index contributed by atoms with van der Waals surface area (Å²) >= 11 is 0. The van der Waals surface area contributed by atoms with Crippen LogP contribution in [0.25, 0.3) is 0 Å². The maximum Gasteiger partial charge on any atom is 0.324 e. The molecule has 1 aliphatic heterocycles. The summed E-state index contributed by atoms with van der Waals surface area (Å²) in [5.74, 6) is 0. The van der Waals surface area contributed by atoms with Crippen molar-refractivity contribution in [1.29, 1.82) is 0 Å². The topological polar surface area (TPSA) is 93.4 Å². The Morgan fingerprint density at radius 2 is 2.11 bits per heavy atom. The molecule has 0 spiro atoms. The first-order chi connectivity index (χ1) is 13.0. The van der Waals surface area contributed by atoms with Gasteiger partial charge in [0, 0.05) is 43.8 Å². The maximum absolute atomic E-state index is 12.1. The molecule has 2 heterocycles. The Hall–Kier alpha value is -3.03. The lowest BCUT2D eigenvalue weighted by Gasteiger charge is -2.17. The van der Waals surface area contributed by atoms with E-state index in [1.807, 2.05) is 38.1 Å². The van der Waals surface area contributed by atoms with E-state index in [9.17, 15) is 9.59 Å². The van der Waals surface area contributed by atoms with Gasteiger partial charge in [-0.1, -0.05) is 6.07 Å². The number of H-pyrrole nitrogens is 1. The Morgan fingerprint density at radius 3 is 2.78 bits per heavy atom. The molecule has 144 valence electrons. The van der Waals surface area contributed by atoms with Crippen LogP contribution in [0.3, 0.4) is 0 Å². The van der Waals surface area contributed by atoms with Crippen molar-refractivity contribution in [3.8, 4) is 0 Å². The van der Waals surface area contributed by atoms with Crippen molar-refractivity contribution in [3.05, 3.63) is 41.2 Å². The second-order valence-corrected chi connectivity index (χ2v) is 6.80. The van der Waals surface area contributed by atoms with E-state index >= 15 is 0 Å². The lowest BCUT2D eigenvalue weighted by atomic mass is 10.1. The van der Waals surface area contributed by atoms with Gasteiger partial charge in [0.25, 0.3) is 0 Å². The Morgan fingerprint density at radius 1 is 1.30 bits per heavy atom. The molecule has 3 N–H and O–H groups in total. The van der Waals surface area contributed by atoms with Crippen LogP contribution in [0, 0.1) is 13.8 Å². The van der Waals surface area contributed by atoms with Gasteiger partial charge in [0.15, 0.2) is 0 Å². The number of rotatable bonds is 6. The second kappa shape index (κ2) is 8.11. The number of carbonyl (C=O) groups excluding carboxylic acids is 2. The summed E-state index contributed by atoms with van der Waals surface area (Å²) in [6, 6.07) is 7.05. The number of amides is 4. The Labute approximate surface area is 158 Å². The number of anilines is 2. The predicted octanol–water partition coefficient (Wildman–Crippen LogP) is 2.65. The Kier molecular flexibility index (Phi) is 5.63.